The third-order valence-corrected chi connectivity index (χ3v) is 5.94. The molecule has 2 amide bonds. The summed E-state index contributed by atoms with van der Waals surface area (Å²) < 4.78 is 13.7. The first-order valence-corrected chi connectivity index (χ1v) is 10.1. The van der Waals surface area contributed by atoms with E-state index in [4.69, 9.17) is 0 Å². The molecule has 0 saturated heterocycles. The number of nitrogens with one attached hydrogen (secondary N) is 2. The standard InChI is InChI=1S/C23H25FN2O2/c24-20-9-5-4-8-19(20)21(27)25-18-12-10-16(11-13-18)23(14-15-23)22(28)26-17-6-2-1-3-7-17/h4-5,8-13,17H,1-3,6-7,14-15H2,(H,25,27)(H,26,28). The molecule has 0 spiro atoms. The van der Waals surface area contributed by atoms with Crippen molar-refractivity contribution in [3.63, 3.8) is 0 Å². The predicted molar refractivity (Wildman–Crippen MR) is 107 cm³/mol. The van der Waals surface area contributed by atoms with Gasteiger partial charge < -0.3 is 10.6 Å². The van der Waals surface area contributed by atoms with Gasteiger partial charge >= 0.3 is 0 Å². The van der Waals surface area contributed by atoms with Gasteiger partial charge in [-0.15, -0.1) is 0 Å². The molecular formula is C23H25FN2O2. The molecular weight excluding hydrogens is 355 g/mol. The van der Waals surface area contributed by atoms with E-state index in [1.165, 1.54) is 31.4 Å². The van der Waals surface area contributed by atoms with Gasteiger partial charge in [-0.1, -0.05) is 43.5 Å². The van der Waals surface area contributed by atoms with Crippen molar-refractivity contribution in [3.05, 3.63) is 65.5 Å². The van der Waals surface area contributed by atoms with E-state index >= 15 is 0 Å². The van der Waals surface area contributed by atoms with E-state index in [9.17, 15) is 14.0 Å². The van der Waals surface area contributed by atoms with Gasteiger partial charge in [0.15, 0.2) is 0 Å². The molecule has 0 atom stereocenters. The lowest BCUT2D eigenvalue weighted by Gasteiger charge is -2.25. The van der Waals surface area contributed by atoms with Crippen molar-refractivity contribution < 1.29 is 14.0 Å². The van der Waals surface area contributed by atoms with Crippen LogP contribution in [0.4, 0.5) is 10.1 Å². The van der Waals surface area contributed by atoms with E-state index in [2.05, 4.69) is 10.6 Å². The molecule has 0 bridgehead atoms. The van der Waals surface area contributed by atoms with Crippen molar-refractivity contribution in [1.29, 1.82) is 0 Å². The number of halogens is 1. The first kappa shape index (κ1) is 18.7. The van der Waals surface area contributed by atoms with E-state index in [1.807, 2.05) is 12.1 Å². The number of carbonyl (C=O) groups is 2. The van der Waals surface area contributed by atoms with E-state index in [-0.39, 0.29) is 11.5 Å². The zero-order chi connectivity index (χ0) is 19.6. The maximum atomic E-state index is 13.7. The molecule has 2 fully saturated rings. The molecule has 2 aromatic carbocycles. The molecule has 146 valence electrons. The van der Waals surface area contributed by atoms with Gasteiger partial charge in [0.1, 0.15) is 5.82 Å². The van der Waals surface area contributed by atoms with Crippen LogP contribution >= 0.6 is 0 Å². The average molecular weight is 380 g/mol. The van der Waals surface area contributed by atoms with Crippen LogP contribution in [0.25, 0.3) is 0 Å². The minimum atomic E-state index is -0.548. The molecule has 2 saturated carbocycles. The van der Waals surface area contributed by atoms with Crippen molar-refractivity contribution in [2.45, 2.75) is 56.4 Å². The summed E-state index contributed by atoms with van der Waals surface area (Å²) >= 11 is 0. The fraction of sp³-hybridized carbons (Fsp3) is 0.391. The molecule has 2 aliphatic carbocycles. The second kappa shape index (κ2) is 7.74. The molecule has 0 aliphatic heterocycles. The van der Waals surface area contributed by atoms with Crippen molar-refractivity contribution >= 4 is 17.5 Å². The van der Waals surface area contributed by atoms with Gasteiger partial charge in [-0.2, -0.15) is 0 Å². The quantitative estimate of drug-likeness (QED) is 0.799. The highest BCUT2D eigenvalue weighted by Gasteiger charge is 2.51. The van der Waals surface area contributed by atoms with Gasteiger partial charge in [-0.05, 0) is 55.5 Å². The third-order valence-electron chi connectivity index (χ3n) is 5.94. The van der Waals surface area contributed by atoms with Crippen LogP contribution in [0.1, 0.15) is 60.9 Å². The van der Waals surface area contributed by atoms with E-state index in [0.29, 0.717) is 11.7 Å². The third kappa shape index (κ3) is 3.79. The van der Waals surface area contributed by atoms with Crippen LogP contribution in [0.5, 0.6) is 0 Å². The van der Waals surface area contributed by atoms with Gasteiger partial charge in [-0.25, -0.2) is 4.39 Å². The van der Waals surface area contributed by atoms with Gasteiger partial charge in [0, 0.05) is 11.7 Å². The molecule has 5 heteroatoms. The molecule has 4 rings (SSSR count). The molecule has 4 nitrogen and oxygen atoms in total. The summed E-state index contributed by atoms with van der Waals surface area (Å²) in [5.41, 5.74) is 1.15. The lowest BCUT2D eigenvalue weighted by Crippen LogP contribution is -2.42. The maximum absolute atomic E-state index is 13.7. The molecule has 0 radical (unpaired) electrons. The summed E-state index contributed by atoms with van der Waals surface area (Å²) in [4.78, 5) is 25.1. The molecule has 28 heavy (non-hydrogen) atoms. The smallest absolute Gasteiger partial charge is 0.258 e. The van der Waals surface area contributed by atoms with Crippen LogP contribution in [0.3, 0.4) is 0 Å². The Kier molecular flexibility index (Phi) is 5.16. The molecule has 2 aliphatic rings. The summed E-state index contributed by atoms with van der Waals surface area (Å²) in [6.45, 7) is 0. The van der Waals surface area contributed by atoms with Crippen molar-refractivity contribution in [2.24, 2.45) is 0 Å². The molecule has 0 aromatic heterocycles. The minimum Gasteiger partial charge on any atom is -0.353 e. The fourth-order valence-electron chi connectivity index (χ4n) is 4.06. The molecule has 0 unspecified atom stereocenters. The highest BCUT2D eigenvalue weighted by atomic mass is 19.1. The highest BCUT2D eigenvalue weighted by Crippen LogP contribution is 2.48. The van der Waals surface area contributed by atoms with Crippen LogP contribution in [-0.2, 0) is 10.2 Å². The Bertz CT molecular complexity index is 868. The number of rotatable bonds is 5. The van der Waals surface area contributed by atoms with Crippen LogP contribution in [-0.4, -0.2) is 17.9 Å². The topological polar surface area (TPSA) is 58.2 Å². The van der Waals surface area contributed by atoms with Crippen LogP contribution in [0, 0.1) is 5.82 Å². The maximum Gasteiger partial charge on any atom is 0.258 e. The summed E-state index contributed by atoms with van der Waals surface area (Å²) in [6.07, 6.45) is 7.49. The molecule has 2 aromatic rings. The first-order valence-electron chi connectivity index (χ1n) is 10.1. The van der Waals surface area contributed by atoms with Crippen molar-refractivity contribution in [3.8, 4) is 0 Å². The normalized spacial score (nSPS) is 18.3. The van der Waals surface area contributed by atoms with Crippen LogP contribution in [0.15, 0.2) is 48.5 Å². The number of hydrogen-bond acceptors (Lipinski definition) is 2. The van der Waals surface area contributed by atoms with Crippen LogP contribution < -0.4 is 10.6 Å². The monoisotopic (exact) mass is 380 g/mol. The fourth-order valence-corrected chi connectivity index (χ4v) is 4.06. The first-order chi connectivity index (χ1) is 13.6. The average Bonchev–Trinajstić information content (AvgIpc) is 3.52. The minimum absolute atomic E-state index is 0.0112. The summed E-state index contributed by atoms with van der Waals surface area (Å²) in [6, 6.07) is 13.5. The second-order valence-corrected chi connectivity index (χ2v) is 7.90. The van der Waals surface area contributed by atoms with E-state index in [1.54, 1.807) is 24.3 Å². The number of carbonyl (C=O) groups excluding carboxylic acids is 2. The Morgan fingerprint density at radius 1 is 0.929 bits per heavy atom. The summed E-state index contributed by atoms with van der Waals surface area (Å²) in [5, 5.41) is 5.96. The summed E-state index contributed by atoms with van der Waals surface area (Å²) in [7, 11) is 0. The van der Waals surface area contributed by atoms with E-state index in [0.717, 1.165) is 31.2 Å². The van der Waals surface area contributed by atoms with Crippen molar-refractivity contribution in [2.75, 3.05) is 5.32 Å². The molecule has 2 N–H and O–H groups in total. The Morgan fingerprint density at radius 3 is 2.25 bits per heavy atom. The lowest BCUT2D eigenvalue weighted by molar-refractivity contribution is -0.124. The largest absolute Gasteiger partial charge is 0.353 e. The van der Waals surface area contributed by atoms with E-state index < -0.39 is 17.1 Å². The Labute approximate surface area is 164 Å². The lowest BCUT2D eigenvalue weighted by atomic mass is 9.91. The number of hydrogen-bond donors (Lipinski definition) is 2. The highest BCUT2D eigenvalue weighted by molar-refractivity contribution is 6.04. The number of benzene rings is 2. The summed E-state index contributed by atoms with van der Waals surface area (Å²) in [5.74, 6) is -0.905. The predicted octanol–water partition coefficient (Wildman–Crippen LogP) is 4.56. The SMILES string of the molecule is O=C(Nc1ccc(C2(C(=O)NC3CCCCC3)CC2)cc1)c1ccccc1F. The zero-order valence-corrected chi connectivity index (χ0v) is 15.8. The molecule has 0 heterocycles. The Morgan fingerprint density at radius 2 is 1.61 bits per heavy atom. The number of anilines is 1. The number of amides is 2. The van der Waals surface area contributed by atoms with Gasteiger partial charge in [0.25, 0.3) is 5.91 Å². The Balaban J connectivity index is 1.42. The van der Waals surface area contributed by atoms with Gasteiger partial charge in [0.2, 0.25) is 5.91 Å². The van der Waals surface area contributed by atoms with Gasteiger partial charge in [-0.3, -0.25) is 9.59 Å². The second-order valence-electron chi connectivity index (χ2n) is 7.90. The Hall–Kier alpha value is -2.69. The zero-order valence-electron chi connectivity index (χ0n) is 15.8. The van der Waals surface area contributed by atoms with Gasteiger partial charge in [0.05, 0.1) is 11.0 Å². The van der Waals surface area contributed by atoms with Crippen LogP contribution in [0.2, 0.25) is 0 Å². The van der Waals surface area contributed by atoms with Crippen molar-refractivity contribution in [1.82, 2.24) is 5.32 Å².